The van der Waals surface area contributed by atoms with Crippen molar-refractivity contribution in [3.8, 4) is 0 Å². The van der Waals surface area contributed by atoms with E-state index in [0.717, 1.165) is 13.0 Å². The van der Waals surface area contributed by atoms with Gasteiger partial charge in [0.15, 0.2) is 0 Å². The topological polar surface area (TPSA) is 26.0 Å². The number of nitrogens with two attached hydrogens (primary N) is 1. The molecule has 0 aliphatic heterocycles. The minimum absolute atomic E-state index is 0.628. The van der Waals surface area contributed by atoms with E-state index >= 15 is 0 Å². The molecule has 1 heteroatoms. The molecule has 2 unspecified atom stereocenters. The molecule has 0 aliphatic carbocycles. The van der Waals surface area contributed by atoms with E-state index in [9.17, 15) is 0 Å². The van der Waals surface area contributed by atoms with Crippen molar-refractivity contribution in [1.82, 2.24) is 0 Å². The van der Waals surface area contributed by atoms with Gasteiger partial charge in [-0.15, -0.1) is 6.58 Å². The smallest absolute Gasteiger partial charge is 0.00488 e. The minimum atomic E-state index is 0.628. The van der Waals surface area contributed by atoms with Gasteiger partial charge >= 0.3 is 0 Å². The molecule has 54 valence electrons. The van der Waals surface area contributed by atoms with Crippen LogP contribution in [-0.2, 0) is 0 Å². The summed E-state index contributed by atoms with van der Waals surface area (Å²) in [6.45, 7) is 8.85. The van der Waals surface area contributed by atoms with Gasteiger partial charge in [-0.1, -0.05) is 19.9 Å². The van der Waals surface area contributed by atoms with E-state index in [0.29, 0.717) is 11.8 Å². The lowest BCUT2D eigenvalue weighted by Gasteiger charge is -2.15. The molecule has 2 atom stereocenters. The fourth-order valence-electron chi connectivity index (χ4n) is 0.728. The molecular weight excluding hydrogens is 110 g/mol. The maximum Gasteiger partial charge on any atom is -0.00488 e. The molecule has 0 saturated carbocycles. The molecule has 0 aromatic carbocycles. The Morgan fingerprint density at radius 3 is 2.33 bits per heavy atom. The van der Waals surface area contributed by atoms with E-state index in [1.54, 1.807) is 0 Å². The van der Waals surface area contributed by atoms with Crippen LogP contribution >= 0.6 is 0 Å². The van der Waals surface area contributed by atoms with Crippen molar-refractivity contribution in [2.75, 3.05) is 6.54 Å². The lowest BCUT2D eigenvalue weighted by atomic mass is 9.93. The van der Waals surface area contributed by atoms with Crippen LogP contribution < -0.4 is 5.73 Å². The van der Waals surface area contributed by atoms with Gasteiger partial charge in [0.1, 0.15) is 0 Å². The van der Waals surface area contributed by atoms with Crippen LogP contribution in [0.5, 0.6) is 0 Å². The van der Waals surface area contributed by atoms with Gasteiger partial charge in [-0.3, -0.25) is 0 Å². The van der Waals surface area contributed by atoms with Crippen LogP contribution in [0, 0.1) is 11.8 Å². The molecular formula is C8H17N. The highest BCUT2D eigenvalue weighted by atomic mass is 14.5. The second-order valence-electron chi connectivity index (χ2n) is 2.71. The van der Waals surface area contributed by atoms with Crippen molar-refractivity contribution in [2.45, 2.75) is 20.3 Å². The highest BCUT2D eigenvalue weighted by molar-refractivity contribution is 4.73. The lowest BCUT2D eigenvalue weighted by Crippen LogP contribution is -2.17. The normalized spacial score (nSPS) is 16.8. The maximum absolute atomic E-state index is 5.47. The Hall–Kier alpha value is -0.300. The molecule has 0 radical (unpaired) electrons. The largest absolute Gasteiger partial charge is 0.330 e. The Balaban J connectivity index is 3.44. The highest BCUT2D eigenvalue weighted by Gasteiger charge is 2.06. The van der Waals surface area contributed by atoms with Crippen LogP contribution in [0.25, 0.3) is 0 Å². The van der Waals surface area contributed by atoms with Crippen molar-refractivity contribution >= 4 is 0 Å². The summed E-state index contributed by atoms with van der Waals surface area (Å²) in [5.41, 5.74) is 5.47. The third-order valence-electron chi connectivity index (χ3n) is 1.88. The van der Waals surface area contributed by atoms with Crippen LogP contribution in [0.2, 0.25) is 0 Å². The molecule has 9 heavy (non-hydrogen) atoms. The summed E-state index contributed by atoms with van der Waals surface area (Å²) in [5, 5.41) is 0. The number of hydrogen-bond donors (Lipinski definition) is 1. The molecule has 0 aliphatic rings. The summed E-state index contributed by atoms with van der Waals surface area (Å²) >= 11 is 0. The molecule has 2 N–H and O–H groups in total. The molecule has 0 bridgehead atoms. The fraction of sp³-hybridized carbons (Fsp3) is 0.750. The van der Waals surface area contributed by atoms with E-state index in [1.807, 2.05) is 6.08 Å². The van der Waals surface area contributed by atoms with Crippen molar-refractivity contribution in [3.05, 3.63) is 12.7 Å². The molecule has 0 aromatic heterocycles. The van der Waals surface area contributed by atoms with Crippen LogP contribution in [0.1, 0.15) is 20.3 Å². The van der Waals surface area contributed by atoms with Crippen molar-refractivity contribution in [2.24, 2.45) is 17.6 Å². The second-order valence-corrected chi connectivity index (χ2v) is 2.71. The number of hydrogen-bond acceptors (Lipinski definition) is 1. The van der Waals surface area contributed by atoms with Gasteiger partial charge in [0.05, 0.1) is 0 Å². The van der Waals surface area contributed by atoms with Gasteiger partial charge in [0.25, 0.3) is 0 Å². The molecule has 0 aromatic rings. The first-order chi connectivity index (χ1) is 4.22. The van der Waals surface area contributed by atoms with Crippen molar-refractivity contribution in [3.63, 3.8) is 0 Å². The van der Waals surface area contributed by atoms with E-state index in [-0.39, 0.29) is 0 Å². The zero-order chi connectivity index (χ0) is 7.28. The Kier molecular flexibility index (Phi) is 4.41. The van der Waals surface area contributed by atoms with Crippen LogP contribution in [0.4, 0.5) is 0 Å². The molecule has 0 heterocycles. The second kappa shape index (κ2) is 4.57. The predicted octanol–water partition coefficient (Wildman–Crippen LogP) is 1.79. The van der Waals surface area contributed by atoms with Crippen LogP contribution in [-0.4, -0.2) is 6.54 Å². The first-order valence-corrected chi connectivity index (χ1v) is 3.53. The van der Waals surface area contributed by atoms with Crippen molar-refractivity contribution in [1.29, 1.82) is 0 Å². The van der Waals surface area contributed by atoms with E-state index in [4.69, 9.17) is 5.73 Å². The molecule has 0 amide bonds. The predicted molar refractivity (Wildman–Crippen MR) is 42.2 cm³/mol. The summed E-state index contributed by atoms with van der Waals surface area (Å²) in [5.74, 6) is 1.32. The fourth-order valence-corrected chi connectivity index (χ4v) is 0.728. The number of rotatable bonds is 4. The minimum Gasteiger partial charge on any atom is -0.330 e. The Bertz CT molecular complexity index is 78.6. The summed E-state index contributed by atoms with van der Waals surface area (Å²) in [4.78, 5) is 0. The number of allylic oxidation sites excluding steroid dienone is 1. The molecule has 0 saturated heterocycles. The molecule has 0 fully saturated rings. The van der Waals surface area contributed by atoms with Gasteiger partial charge < -0.3 is 5.73 Å². The average Bonchev–Trinajstić information content (AvgIpc) is 1.87. The lowest BCUT2D eigenvalue weighted by molar-refractivity contribution is 0.400. The van der Waals surface area contributed by atoms with Crippen LogP contribution in [0.3, 0.4) is 0 Å². The highest BCUT2D eigenvalue weighted by Crippen LogP contribution is 2.12. The molecule has 1 nitrogen and oxygen atoms in total. The Morgan fingerprint density at radius 2 is 2.00 bits per heavy atom. The third kappa shape index (κ3) is 3.31. The first-order valence-electron chi connectivity index (χ1n) is 3.53. The third-order valence-corrected chi connectivity index (χ3v) is 1.88. The zero-order valence-electron chi connectivity index (χ0n) is 6.43. The summed E-state index contributed by atoms with van der Waals surface area (Å²) in [7, 11) is 0. The van der Waals surface area contributed by atoms with Gasteiger partial charge in [0, 0.05) is 0 Å². The van der Waals surface area contributed by atoms with E-state index in [1.165, 1.54) is 0 Å². The first kappa shape index (κ1) is 8.70. The van der Waals surface area contributed by atoms with Gasteiger partial charge in [-0.2, -0.15) is 0 Å². The molecule has 0 spiro atoms. The SMILES string of the molecule is C=CCC(C)C(C)CN. The van der Waals surface area contributed by atoms with Crippen molar-refractivity contribution < 1.29 is 0 Å². The Morgan fingerprint density at radius 1 is 1.44 bits per heavy atom. The van der Waals surface area contributed by atoms with Gasteiger partial charge in [-0.25, -0.2) is 0 Å². The average molecular weight is 127 g/mol. The quantitative estimate of drug-likeness (QED) is 0.572. The van der Waals surface area contributed by atoms with E-state index in [2.05, 4.69) is 20.4 Å². The summed E-state index contributed by atoms with van der Waals surface area (Å²) < 4.78 is 0. The monoisotopic (exact) mass is 127 g/mol. The molecule has 0 rings (SSSR count). The summed E-state index contributed by atoms with van der Waals surface area (Å²) in [6, 6.07) is 0. The van der Waals surface area contributed by atoms with E-state index < -0.39 is 0 Å². The Labute approximate surface area is 57.9 Å². The maximum atomic E-state index is 5.47. The van der Waals surface area contributed by atoms with Gasteiger partial charge in [-0.05, 0) is 24.8 Å². The van der Waals surface area contributed by atoms with Crippen LogP contribution in [0.15, 0.2) is 12.7 Å². The standard InChI is InChI=1S/C8H17N/c1-4-5-7(2)8(3)6-9/h4,7-8H,1,5-6,9H2,2-3H3. The summed E-state index contributed by atoms with van der Waals surface area (Å²) in [6.07, 6.45) is 3.04. The van der Waals surface area contributed by atoms with Gasteiger partial charge in [0.2, 0.25) is 0 Å². The zero-order valence-corrected chi connectivity index (χ0v) is 6.43.